The van der Waals surface area contributed by atoms with E-state index in [2.05, 4.69) is 14.9 Å². The Bertz CT molecular complexity index is 656. The summed E-state index contributed by atoms with van der Waals surface area (Å²) in [6.45, 7) is 2.35. The average Bonchev–Trinajstić information content (AvgIpc) is 2.72. The summed E-state index contributed by atoms with van der Waals surface area (Å²) in [6, 6.07) is 3.83. The predicted molar refractivity (Wildman–Crippen MR) is 79.8 cm³/mol. The van der Waals surface area contributed by atoms with Crippen molar-refractivity contribution in [2.75, 3.05) is 6.54 Å². The molecular weight excluding hydrogens is 296 g/mol. The molecule has 0 fully saturated rings. The number of rotatable bonds is 2. The molecule has 7 heteroatoms. The fourth-order valence-corrected chi connectivity index (χ4v) is 3.54. The molecule has 0 saturated heterocycles. The quantitative estimate of drug-likeness (QED) is 0.836. The first kappa shape index (κ1) is 13.5. The van der Waals surface area contributed by atoms with Gasteiger partial charge in [-0.25, -0.2) is 0 Å². The molecule has 3 rings (SSSR count). The van der Waals surface area contributed by atoms with Gasteiger partial charge in [0.25, 0.3) is 5.24 Å². The number of hydrogen-bond donors (Lipinski definition) is 2. The van der Waals surface area contributed by atoms with Gasteiger partial charge in [-0.15, -0.1) is 0 Å². The Labute approximate surface area is 125 Å². The van der Waals surface area contributed by atoms with E-state index in [0.717, 1.165) is 46.7 Å². The highest BCUT2D eigenvalue weighted by molar-refractivity contribution is 8.13. The molecule has 0 aliphatic carbocycles. The van der Waals surface area contributed by atoms with Crippen LogP contribution in [-0.4, -0.2) is 21.3 Å². The number of carbonyl (C=O) groups excluding carboxylic acids is 1. The molecule has 0 atom stereocenters. The third kappa shape index (κ3) is 2.30. The Balaban J connectivity index is 2.19. The van der Waals surface area contributed by atoms with Crippen molar-refractivity contribution < 1.29 is 4.79 Å². The van der Waals surface area contributed by atoms with Crippen molar-refractivity contribution in [2.45, 2.75) is 18.0 Å². The van der Waals surface area contributed by atoms with Crippen LogP contribution in [0.15, 0.2) is 29.4 Å². The highest BCUT2D eigenvalue weighted by atomic mass is 35.5. The standard InChI is InChI=1S/C13H13ClN4OS/c14-10-11(8-2-1-3-16-6-8)18-5-4-17-7-9(18)12(10)20-13(15)19/h1-3,6,17H,4-5,7H2,(H2,15,19). The lowest BCUT2D eigenvalue weighted by Gasteiger charge is -2.19. The summed E-state index contributed by atoms with van der Waals surface area (Å²) in [7, 11) is 0. The predicted octanol–water partition coefficient (Wildman–Crippen LogP) is 2.48. The van der Waals surface area contributed by atoms with Crippen LogP contribution in [0.2, 0.25) is 5.02 Å². The molecule has 3 heterocycles. The van der Waals surface area contributed by atoms with Gasteiger partial charge in [0.05, 0.1) is 15.6 Å². The SMILES string of the molecule is NC(=O)Sc1c(Cl)c(-c2cccnc2)n2c1CNCC2. The largest absolute Gasteiger partial charge is 0.360 e. The minimum Gasteiger partial charge on any atom is -0.360 e. The van der Waals surface area contributed by atoms with Crippen molar-refractivity contribution in [3.8, 4) is 11.3 Å². The van der Waals surface area contributed by atoms with Crippen LogP contribution in [0, 0.1) is 0 Å². The monoisotopic (exact) mass is 308 g/mol. The Morgan fingerprint density at radius 1 is 1.55 bits per heavy atom. The second kappa shape index (κ2) is 5.47. The summed E-state index contributed by atoms with van der Waals surface area (Å²) in [5.41, 5.74) is 8.15. The van der Waals surface area contributed by atoms with Crippen molar-refractivity contribution in [1.29, 1.82) is 0 Å². The Kier molecular flexibility index (Phi) is 3.69. The lowest BCUT2D eigenvalue weighted by molar-refractivity contribution is 0.267. The molecule has 104 valence electrons. The zero-order chi connectivity index (χ0) is 14.1. The van der Waals surface area contributed by atoms with Crippen molar-refractivity contribution >= 4 is 28.6 Å². The Morgan fingerprint density at radius 2 is 2.40 bits per heavy atom. The maximum atomic E-state index is 11.2. The smallest absolute Gasteiger partial charge is 0.281 e. The van der Waals surface area contributed by atoms with Crippen molar-refractivity contribution in [3.05, 3.63) is 35.2 Å². The van der Waals surface area contributed by atoms with E-state index in [4.69, 9.17) is 17.3 Å². The summed E-state index contributed by atoms with van der Waals surface area (Å²) >= 11 is 7.47. The van der Waals surface area contributed by atoms with E-state index >= 15 is 0 Å². The topological polar surface area (TPSA) is 72.9 Å². The molecule has 0 aromatic carbocycles. The van der Waals surface area contributed by atoms with E-state index in [0.29, 0.717) is 11.6 Å². The number of pyridine rings is 1. The van der Waals surface area contributed by atoms with E-state index in [1.165, 1.54) is 0 Å². The van der Waals surface area contributed by atoms with E-state index < -0.39 is 5.24 Å². The number of nitrogens with two attached hydrogens (primary N) is 1. The summed E-state index contributed by atoms with van der Waals surface area (Å²) in [5.74, 6) is 0. The molecule has 0 radical (unpaired) electrons. The van der Waals surface area contributed by atoms with Crippen LogP contribution in [0.3, 0.4) is 0 Å². The number of thioether (sulfide) groups is 1. The summed E-state index contributed by atoms with van der Waals surface area (Å²) in [4.78, 5) is 16.1. The first-order valence-electron chi connectivity index (χ1n) is 6.17. The number of fused-ring (bicyclic) bond motifs is 1. The molecule has 0 saturated carbocycles. The molecule has 1 aliphatic heterocycles. The van der Waals surface area contributed by atoms with Crippen LogP contribution in [-0.2, 0) is 13.1 Å². The maximum absolute atomic E-state index is 11.2. The average molecular weight is 309 g/mol. The van der Waals surface area contributed by atoms with Crippen molar-refractivity contribution in [2.24, 2.45) is 5.73 Å². The second-order valence-electron chi connectivity index (χ2n) is 4.43. The van der Waals surface area contributed by atoms with Crippen molar-refractivity contribution in [1.82, 2.24) is 14.9 Å². The van der Waals surface area contributed by atoms with Gasteiger partial charge in [0.2, 0.25) is 0 Å². The van der Waals surface area contributed by atoms with E-state index in [1.807, 2.05) is 12.1 Å². The zero-order valence-electron chi connectivity index (χ0n) is 10.6. The van der Waals surface area contributed by atoms with Gasteiger partial charge in [0, 0.05) is 43.3 Å². The maximum Gasteiger partial charge on any atom is 0.281 e. The van der Waals surface area contributed by atoms with Crippen LogP contribution in [0.5, 0.6) is 0 Å². The molecule has 0 spiro atoms. The molecular formula is C13H13ClN4OS. The molecule has 0 bridgehead atoms. The second-order valence-corrected chi connectivity index (χ2v) is 5.82. The number of amides is 1. The number of hydrogen-bond acceptors (Lipinski definition) is 4. The minimum absolute atomic E-state index is 0.455. The number of aromatic nitrogens is 2. The third-order valence-corrected chi connectivity index (χ3v) is 4.53. The van der Waals surface area contributed by atoms with Crippen LogP contribution in [0.25, 0.3) is 11.3 Å². The fourth-order valence-electron chi connectivity index (χ4n) is 2.42. The lowest BCUT2D eigenvalue weighted by Crippen LogP contribution is -2.28. The highest BCUT2D eigenvalue weighted by Crippen LogP contribution is 2.41. The van der Waals surface area contributed by atoms with E-state index in [-0.39, 0.29) is 0 Å². The summed E-state index contributed by atoms with van der Waals surface area (Å²) in [5, 5.41) is 3.40. The molecule has 5 nitrogen and oxygen atoms in total. The number of primary amides is 1. The fraction of sp³-hybridized carbons (Fsp3) is 0.231. The highest BCUT2D eigenvalue weighted by Gasteiger charge is 2.25. The molecule has 20 heavy (non-hydrogen) atoms. The molecule has 0 unspecified atom stereocenters. The van der Waals surface area contributed by atoms with Crippen LogP contribution < -0.4 is 11.1 Å². The lowest BCUT2D eigenvalue weighted by atomic mass is 10.2. The van der Waals surface area contributed by atoms with Crippen LogP contribution in [0.4, 0.5) is 4.79 Å². The number of nitrogens with zero attached hydrogens (tertiary/aromatic N) is 2. The van der Waals surface area contributed by atoms with Gasteiger partial charge < -0.3 is 15.6 Å². The Hall–Kier alpha value is -1.50. The normalized spacial score (nSPS) is 14.1. The summed E-state index contributed by atoms with van der Waals surface area (Å²) in [6.07, 6.45) is 3.49. The molecule has 1 aliphatic rings. The van der Waals surface area contributed by atoms with E-state index in [9.17, 15) is 4.79 Å². The molecule has 2 aromatic heterocycles. The van der Waals surface area contributed by atoms with Gasteiger partial charge in [0.1, 0.15) is 0 Å². The number of halogens is 1. The van der Waals surface area contributed by atoms with Gasteiger partial charge in [-0.1, -0.05) is 11.6 Å². The van der Waals surface area contributed by atoms with Crippen LogP contribution in [0.1, 0.15) is 5.69 Å². The first-order chi connectivity index (χ1) is 9.68. The van der Waals surface area contributed by atoms with Gasteiger partial charge in [-0.05, 0) is 23.9 Å². The van der Waals surface area contributed by atoms with Gasteiger partial charge in [-0.2, -0.15) is 0 Å². The van der Waals surface area contributed by atoms with Gasteiger partial charge in [0.15, 0.2) is 0 Å². The number of nitrogens with one attached hydrogen (secondary N) is 1. The summed E-state index contributed by atoms with van der Waals surface area (Å²) < 4.78 is 2.14. The molecule has 1 amide bonds. The van der Waals surface area contributed by atoms with E-state index in [1.54, 1.807) is 12.4 Å². The zero-order valence-corrected chi connectivity index (χ0v) is 12.2. The van der Waals surface area contributed by atoms with Gasteiger partial charge >= 0.3 is 0 Å². The van der Waals surface area contributed by atoms with Crippen molar-refractivity contribution in [3.63, 3.8) is 0 Å². The first-order valence-corrected chi connectivity index (χ1v) is 7.37. The van der Waals surface area contributed by atoms with Crippen LogP contribution >= 0.6 is 23.4 Å². The molecule has 3 N–H and O–H groups in total. The third-order valence-electron chi connectivity index (χ3n) is 3.21. The number of carbonyl (C=O) groups is 1. The van der Waals surface area contributed by atoms with Gasteiger partial charge in [-0.3, -0.25) is 9.78 Å². The Morgan fingerprint density at radius 3 is 3.10 bits per heavy atom. The molecule has 2 aromatic rings. The minimum atomic E-state index is -0.455.